The lowest BCUT2D eigenvalue weighted by Crippen LogP contribution is -2.49. The second kappa shape index (κ2) is 15.2. The van der Waals surface area contributed by atoms with Gasteiger partial charge < -0.3 is 15.0 Å². The van der Waals surface area contributed by atoms with Gasteiger partial charge >= 0.3 is 0 Å². The van der Waals surface area contributed by atoms with E-state index >= 15 is 0 Å². The fourth-order valence-corrected chi connectivity index (χ4v) is 5.50. The average Bonchev–Trinajstić information content (AvgIpc) is 2.87. The lowest BCUT2D eigenvalue weighted by atomic mass is 10.1. The topological polar surface area (TPSA) is 96.0 Å². The highest BCUT2D eigenvalue weighted by atomic mass is 35.5. The Labute approximate surface area is 236 Å². The number of nitrogens with zero attached hydrogens (tertiary/aromatic N) is 2. The minimum Gasteiger partial charge on any atom is -0.494 e. The van der Waals surface area contributed by atoms with Crippen molar-refractivity contribution >= 4 is 50.7 Å². The highest BCUT2D eigenvalue weighted by Crippen LogP contribution is 2.28. The van der Waals surface area contributed by atoms with Gasteiger partial charge in [-0.1, -0.05) is 43.1 Å². The first-order valence-electron chi connectivity index (χ1n) is 12.7. The van der Waals surface area contributed by atoms with Gasteiger partial charge in [0.1, 0.15) is 11.8 Å². The molecule has 8 nitrogen and oxygen atoms in total. The molecule has 0 fully saturated rings. The highest BCUT2D eigenvalue weighted by Gasteiger charge is 2.29. The van der Waals surface area contributed by atoms with E-state index in [2.05, 4.69) is 5.32 Å². The van der Waals surface area contributed by atoms with Gasteiger partial charge in [0.2, 0.25) is 21.8 Å². The summed E-state index contributed by atoms with van der Waals surface area (Å²) in [5.74, 6) is 0.0957. The van der Waals surface area contributed by atoms with Gasteiger partial charge in [-0.15, -0.1) is 0 Å². The molecular formula is C27H37Cl2N3O5S. The normalized spacial score (nSPS) is 12.1. The summed E-state index contributed by atoms with van der Waals surface area (Å²) in [7, 11) is -3.60. The second-order valence-corrected chi connectivity index (χ2v) is 11.5. The number of nitrogens with one attached hydrogen (secondary N) is 1. The van der Waals surface area contributed by atoms with Crippen molar-refractivity contribution in [3.63, 3.8) is 0 Å². The van der Waals surface area contributed by atoms with E-state index in [1.807, 2.05) is 20.8 Å². The molecule has 0 spiro atoms. The number of anilines is 1. The van der Waals surface area contributed by atoms with Crippen LogP contribution in [0.1, 0.15) is 52.0 Å². The summed E-state index contributed by atoms with van der Waals surface area (Å²) < 4.78 is 31.8. The standard InChI is InChI=1S/C27H37Cl2N3O5S/c1-5-17-30-27(34)25(6-2)31(19-22-23(28)10-8-11-24(22)29)26(33)12-9-18-32(38(4,35)36)20-13-15-21(16-14-20)37-7-3/h8,10-11,13-16,25H,5-7,9,12,17-19H2,1-4H3,(H,30,34). The highest BCUT2D eigenvalue weighted by molar-refractivity contribution is 7.92. The van der Waals surface area contributed by atoms with Crippen molar-refractivity contribution in [3.05, 3.63) is 58.1 Å². The molecular weight excluding hydrogens is 549 g/mol. The Kier molecular flexibility index (Phi) is 12.7. The van der Waals surface area contributed by atoms with Crippen LogP contribution in [0.2, 0.25) is 10.0 Å². The molecule has 11 heteroatoms. The molecule has 2 aromatic carbocycles. The van der Waals surface area contributed by atoms with Crippen molar-refractivity contribution in [3.8, 4) is 5.75 Å². The molecule has 2 aromatic rings. The fraction of sp³-hybridized carbons (Fsp3) is 0.481. The van der Waals surface area contributed by atoms with E-state index < -0.39 is 16.1 Å². The molecule has 1 N–H and O–H groups in total. The molecule has 0 aliphatic heterocycles. The van der Waals surface area contributed by atoms with Gasteiger partial charge in [-0.25, -0.2) is 8.42 Å². The Balaban J connectivity index is 2.24. The second-order valence-electron chi connectivity index (χ2n) is 8.80. The molecule has 38 heavy (non-hydrogen) atoms. The summed E-state index contributed by atoms with van der Waals surface area (Å²) in [6.45, 7) is 6.81. The third kappa shape index (κ3) is 9.06. The van der Waals surface area contributed by atoms with Crippen molar-refractivity contribution in [1.29, 1.82) is 0 Å². The molecule has 1 unspecified atom stereocenters. The molecule has 0 saturated heterocycles. The van der Waals surface area contributed by atoms with Gasteiger partial charge in [-0.3, -0.25) is 13.9 Å². The van der Waals surface area contributed by atoms with Gasteiger partial charge in [0.15, 0.2) is 0 Å². The molecule has 210 valence electrons. The molecule has 0 heterocycles. The van der Waals surface area contributed by atoms with Crippen molar-refractivity contribution < 1.29 is 22.7 Å². The van der Waals surface area contributed by atoms with Crippen LogP contribution in [0.25, 0.3) is 0 Å². The molecule has 2 amide bonds. The van der Waals surface area contributed by atoms with Gasteiger partial charge in [-0.05, 0) is 62.6 Å². The zero-order valence-corrected chi connectivity index (χ0v) is 24.7. The number of carbonyl (C=O) groups excluding carboxylic acids is 2. The summed E-state index contributed by atoms with van der Waals surface area (Å²) in [6, 6.07) is 11.1. The number of hydrogen-bond donors (Lipinski definition) is 1. The van der Waals surface area contributed by atoms with Gasteiger partial charge in [0.05, 0.1) is 18.6 Å². The molecule has 0 bridgehead atoms. The zero-order chi connectivity index (χ0) is 28.3. The number of benzene rings is 2. The lowest BCUT2D eigenvalue weighted by molar-refractivity contribution is -0.141. The molecule has 0 aliphatic rings. The van der Waals surface area contributed by atoms with E-state index in [0.29, 0.717) is 46.6 Å². The monoisotopic (exact) mass is 585 g/mol. The van der Waals surface area contributed by atoms with Crippen LogP contribution < -0.4 is 14.4 Å². The zero-order valence-electron chi connectivity index (χ0n) is 22.4. The predicted octanol–water partition coefficient (Wildman–Crippen LogP) is 5.27. The lowest BCUT2D eigenvalue weighted by Gasteiger charge is -2.31. The maximum Gasteiger partial charge on any atom is 0.242 e. The van der Waals surface area contributed by atoms with Crippen LogP contribution in [-0.4, -0.2) is 57.1 Å². The van der Waals surface area contributed by atoms with Gasteiger partial charge in [0.25, 0.3) is 0 Å². The Bertz CT molecular complexity index is 1160. The maximum atomic E-state index is 13.5. The molecule has 0 radical (unpaired) electrons. The van der Waals surface area contributed by atoms with Crippen molar-refractivity contribution in [1.82, 2.24) is 10.2 Å². The predicted molar refractivity (Wildman–Crippen MR) is 153 cm³/mol. The molecule has 2 rings (SSSR count). The van der Waals surface area contributed by atoms with E-state index in [9.17, 15) is 18.0 Å². The summed E-state index contributed by atoms with van der Waals surface area (Å²) >= 11 is 12.8. The van der Waals surface area contributed by atoms with Crippen LogP contribution in [0, 0.1) is 0 Å². The van der Waals surface area contributed by atoms with E-state index in [1.54, 1.807) is 42.5 Å². The minimum absolute atomic E-state index is 0.0304. The van der Waals surface area contributed by atoms with Crippen LogP contribution in [-0.2, 0) is 26.2 Å². The smallest absolute Gasteiger partial charge is 0.242 e. The van der Waals surface area contributed by atoms with Crippen LogP contribution in [0.4, 0.5) is 5.69 Å². The number of carbonyl (C=O) groups is 2. The molecule has 0 aromatic heterocycles. The largest absolute Gasteiger partial charge is 0.494 e. The first kappa shape index (κ1) is 31.7. The Morgan fingerprint density at radius 1 is 1.03 bits per heavy atom. The third-order valence-corrected chi connectivity index (χ3v) is 7.82. The number of halogens is 2. The van der Waals surface area contributed by atoms with Gasteiger partial charge in [0, 0.05) is 41.7 Å². The summed E-state index contributed by atoms with van der Waals surface area (Å²) in [4.78, 5) is 27.9. The van der Waals surface area contributed by atoms with Crippen LogP contribution in [0.15, 0.2) is 42.5 Å². The number of hydrogen-bond acceptors (Lipinski definition) is 5. The number of rotatable bonds is 15. The van der Waals surface area contributed by atoms with Crippen molar-refractivity contribution in [2.75, 3.05) is 30.3 Å². The summed E-state index contributed by atoms with van der Waals surface area (Å²) in [5, 5.41) is 3.67. The van der Waals surface area contributed by atoms with Gasteiger partial charge in [-0.2, -0.15) is 0 Å². The van der Waals surface area contributed by atoms with Crippen LogP contribution in [0.5, 0.6) is 5.75 Å². The maximum absolute atomic E-state index is 13.5. The van der Waals surface area contributed by atoms with E-state index in [-0.39, 0.29) is 37.7 Å². The van der Waals surface area contributed by atoms with Crippen LogP contribution in [0.3, 0.4) is 0 Å². The number of amides is 2. The average molecular weight is 587 g/mol. The van der Waals surface area contributed by atoms with E-state index in [0.717, 1.165) is 12.7 Å². The first-order valence-corrected chi connectivity index (χ1v) is 15.3. The summed E-state index contributed by atoms with van der Waals surface area (Å²) in [6.07, 6.45) is 2.56. The molecule has 0 saturated carbocycles. The Morgan fingerprint density at radius 3 is 2.18 bits per heavy atom. The minimum atomic E-state index is -3.60. The van der Waals surface area contributed by atoms with Crippen molar-refractivity contribution in [2.24, 2.45) is 0 Å². The summed E-state index contributed by atoms with van der Waals surface area (Å²) in [5.41, 5.74) is 1.03. The Hall–Kier alpha value is -2.49. The number of sulfonamides is 1. The first-order chi connectivity index (χ1) is 18.0. The fourth-order valence-electron chi connectivity index (χ4n) is 4.02. The molecule has 0 aliphatic carbocycles. The van der Waals surface area contributed by atoms with Crippen molar-refractivity contribution in [2.45, 2.75) is 59.0 Å². The number of ether oxygens (including phenoxy) is 1. The van der Waals surface area contributed by atoms with E-state index in [4.69, 9.17) is 27.9 Å². The third-order valence-electron chi connectivity index (χ3n) is 5.91. The SMILES string of the molecule is CCCNC(=O)C(CC)N(Cc1c(Cl)cccc1Cl)C(=O)CCCN(c1ccc(OCC)cc1)S(C)(=O)=O. The molecule has 1 atom stereocenters. The van der Waals surface area contributed by atoms with Crippen LogP contribution >= 0.6 is 23.2 Å². The quantitative estimate of drug-likeness (QED) is 0.307. The Morgan fingerprint density at radius 2 is 1.66 bits per heavy atom. The van der Waals surface area contributed by atoms with E-state index in [1.165, 1.54) is 9.21 Å².